The minimum atomic E-state index is -0.547. The van der Waals surface area contributed by atoms with Gasteiger partial charge in [0.1, 0.15) is 17.5 Å². The molecule has 2 aromatic carbocycles. The molecule has 0 atom stereocenters. The molecule has 0 aliphatic heterocycles. The smallest absolute Gasteiger partial charge is 0.191 e. The van der Waals surface area contributed by atoms with Gasteiger partial charge in [-0.2, -0.15) is 5.26 Å². The second-order valence-corrected chi connectivity index (χ2v) is 5.20. The SMILES string of the molecule is CCNC(=NCc1cc(F)ccc1F)NCc1cc(C#N)ccc1F. The van der Waals surface area contributed by atoms with Crippen molar-refractivity contribution in [3.63, 3.8) is 0 Å². The molecule has 0 heterocycles. The van der Waals surface area contributed by atoms with Crippen LogP contribution in [0.15, 0.2) is 41.4 Å². The Morgan fingerprint density at radius 2 is 1.76 bits per heavy atom. The number of rotatable bonds is 5. The van der Waals surface area contributed by atoms with Crippen LogP contribution in [-0.2, 0) is 13.1 Å². The Morgan fingerprint density at radius 1 is 1.04 bits per heavy atom. The van der Waals surface area contributed by atoms with Gasteiger partial charge in [0.2, 0.25) is 0 Å². The van der Waals surface area contributed by atoms with Crippen molar-refractivity contribution in [3.8, 4) is 6.07 Å². The third-order valence-electron chi connectivity index (χ3n) is 3.38. The average molecular weight is 346 g/mol. The maximum atomic E-state index is 13.8. The van der Waals surface area contributed by atoms with Crippen molar-refractivity contribution in [2.75, 3.05) is 6.54 Å². The Bertz CT molecular complexity index is 812. The Hall–Kier alpha value is -3.01. The molecule has 0 spiro atoms. The van der Waals surface area contributed by atoms with Gasteiger partial charge in [0.25, 0.3) is 0 Å². The van der Waals surface area contributed by atoms with Gasteiger partial charge in [-0.25, -0.2) is 18.2 Å². The summed E-state index contributed by atoms with van der Waals surface area (Å²) in [6.07, 6.45) is 0. The number of benzene rings is 2. The van der Waals surface area contributed by atoms with Gasteiger partial charge in [0, 0.05) is 24.2 Å². The minimum Gasteiger partial charge on any atom is -0.357 e. The molecule has 25 heavy (non-hydrogen) atoms. The summed E-state index contributed by atoms with van der Waals surface area (Å²) in [6.45, 7) is 2.41. The van der Waals surface area contributed by atoms with Crippen molar-refractivity contribution >= 4 is 5.96 Å². The van der Waals surface area contributed by atoms with Crippen LogP contribution in [0.3, 0.4) is 0 Å². The first-order valence-electron chi connectivity index (χ1n) is 7.68. The third-order valence-corrected chi connectivity index (χ3v) is 3.38. The van der Waals surface area contributed by atoms with Crippen LogP contribution >= 0.6 is 0 Å². The van der Waals surface area contributed by atoms with Gasteiger partial charge in [0.05, 0.1) is 18.2 Å². The van der Waals surface area contributed by atoms with E-state index in [1.165, 1.54) is 18.2 Å². The predicted molar refractivity (Wildman–Crippen MR) is 89.1 cm³/mol. The first-order chi connectivity index (χ1) is 12.0. The summed E-state index contributed by atoms with van der Waals surface area (Å²) in [4.78, 5) is 4.17. The minimum absolute atomic E-state index is 0.0698. The molecular weight excluding hydrogens is 329 g/mol. The van der Waals surface area contributed by atoms with Crippen LogP contribution in [-0.4, -0.2) is 12.5 Å². The molecule has 4 nitrogen and oxygen atoms in total. The zero-order valence-electron chi connectivity index (χ0n) is 13.6. The van der Waals surface area contributed by atoms with Crippen LogP contribution in [0.4, 0.5) is 13.2 Å². The molecule has 2 aromatic rings. The van der Waals surface area contributed by atoms with Crippen molar-refractivity contribution in [2.24, 2.45) is 4.99 Å². The highest BCUT2D eigenvalue weighted by Crippen LogP contribution is 2.11. The second kappa shape index (κ2) is 8.73. The number of hydrogen-bond donors (Lipinski definition) is 2. The molecule has 0 fully saturated rings. The van der Waals surface area contributed by atoms with E-state index in [4.69, 9.17) is 5.26 Å². The van der Waals surface area contributed by atoms with Crippen LogP contribution in [0.25, 0.3) is 0 Å². The Morgan fingerprint density at radius 3 is 2.48 bits per heavy atom. The van der Waals surface area contributed by atoms with Crippen LogP contribution in [0.5, 0.6) is 0 Å². The summed E-state index contributed by atoms with van der Waals surface area (Å²) in [5, 5.41) is 14.7. The largest absolute Gasteiger partial charge is 0.357 e. The lowest BCUT2D eigenvalue weighted by molar-refractivity contribution is 0.585. The molecule has 0 amide bonds. The maximum absolute atomic E-state index is 13.8. The number of nitriles is 1. The van der Waals surface area contributed by atoms with E-state index in [0.29, 0.717) is 23.6 Å². The summed E-state index contributed by atoms with van der Waals surface area (Å²) in [5.74, 6) is -1.21. The maximum Gasteiger partial charge on any atom is 0.191 e. The lowest BCUT2D eigenvalue weighted by Crippen LogP contribution is -2.37. The number of halogens is 3. The summed E-state index contributed by atoms with van der Waals surface area (Å²) in [6, 6.07) is 9.17. The normalized spacial score (nSPS) is 11.1. The van der Waals surface area contributed by atoms with Crippen LogP contribution < -0.4 is 10.6 Å². The van der Waals surface area contributed by atoms with Gasteiger partial charge in [-0.1, -0.05) is 0 Å². The van der Waals surface area contributed by atoms with Crippen LogP contribution in [0, 0.1) is 28.8 Å². The summed E-state index contributed by atoms with van der Waals surface area (Å²) < 4.78 is 40.6. The average Bonchev–Trinajstić information content (AvgIpc) is 2.61. The quantitative estimate of drug-likeness (QED) is 0.645. The summed E-state index contributed by atoms with van der Waals surface area (Å²) in [5.41, 5.74) is 0.776. The third kappa shape index (κ3) is 5.24. The summed E-state index contributed by atoms with van der Waals surface area (Å²) in [7, 11) is 0. The molecular formula is C18H17F3N4. The molecule has 130 valence electrons. The molecule has 0 aliphatic carbocycles. The first-order valence-corrected chi connectivity index (χ1v) is 7.68. The van der Waals surface area contributed by atoms with E-state index in [9.17, 15) is 13.2 Å². The topological polar surface area (TPSA) is 60.2 Å². The van der Waals surface area contributed by atoms with E-state index in [1.54, 1.807) is 0 Å². The van der Waals surface area contributed by atoms with Crippen molar-refractivity contribution < 1.29 is 13.2 Å². The van der Waals surface area contributed by atoms with Crippen molar-refractivity contribution in [1.82, 2.24) is 10.6 Å². The van der Waals surface area contributed by atoms with Crippen molar-refractivity contribution in [1.29, 1.82) is 5.26 Å². The molecule has 7 heteroatoms. The molecule has 0 saturated carbocycles. The van der Waals surface area contributed by atoms with Crippen molar-refractivity contribution in [2.45, 2.75) is 20.0 Å². The highest BCUT2D eigenvalue weighted by molar-refractivity contribution is 5.79. The number of nitrogens with zero attached hydrogens (tertiary/aromatic N) is 2. The fraction of sp³-hybridized carbons (Fsp3) is 0.222. The fourth-order valence-electron chi connectivity index (χ4n) is 2.13. The molecule has 0 radical (unpaired) electrons. The zero-order chi connectivity index (χ0) is 18.2. The lowest BCUT2D eigenvalue weighted by atomic mass is 10.1. The van der Waals surface area contributed by atoms with Crippen LogP contribution in [0.2, 0.25) is 0 Å². The number of nitrogens with one attached hydrogen (secondary N) is 2. The van der Waals surface area contributed by atoms with E-state index in [2.05, 4.69) is 15.6 Å². The van der Waals surface area contributed by atoms with E-state index in [-0.39, 0.29) is 18.7 Å². The van der Waals surface area contributed by atoms with E-state index >= 15 is 0 Å². The predicted octanol–water partition coefficient (Wildman–Crippen LogP) is 3.23. The fourth-order valence-corrected chi connectivity index (χ4v) is 2.13. The molecule has 0 aliphatic rings. The lowest BCUT2D eigenvalue weighted by Gasteiger charge is -2.12. The van der Waals surface area contributed by atoms with Crippen LogP contribution in [0.1, 0.15) is 23.6 Å². The van der Waals surface area contributed by atoms with Gasteiger partial charge in [-0.3, -0.25) is 0 Å². The molecule has 2 rings (SSSR count). The Balaban J connectivity index is 2.10. The molecule has 0 unspecified atom stereocenters. The van der Waals surface area contributed by atoms with Gasteiger partial charge in [-0.05, 0) is 43.3 Å². The second-order valence-electron chi connectivity index (χ2n) is 5.20. The molecule has 2 N–H and O–H groups in total. The first kappa shape index (κ1) is 18.3. The highest BCUT2D eigenvalue weighted by Gasteiger charge is 2.07. The van der Waals surface area contributed by atoms with Gasteiger partial charge < -0.3 is 10.6 Å². The molecule has 0 bridgehead atoms. The van der Waals surface area contributed by atoms with E-state index in [1.807, 2.05) is 13.0 Å². The van der Waals surface area contributed by atoms with Gasteiger partial charge >= 0.3 is 0 Å². The highest BCUT2D eigenvalue weighted by atomic mass is 19.1. The number of aliphatic imine (C=N–C) groups is 1. The monoisotopic (exact) mass is 346 g/mol. The Labute approximate surface area is 144 Å². The number of hydrogen-bond acceptors (Lipinski definition) is 2. The van der Waals surface area contributed by atoms with E-state index in [0.717, 1.165) is 18.2 Å². The van der Waals surface area contributed by atoms with Gasteiger partial charge in [-0.15, -0.1) is 0 Å². The number of guanidine groups is 1. The zero-order valence-corrected chi connectivity index (χ0v) is 13.6. The Kier molecular flexibility index (Phi) is 6.40. The standard InChI is InChI=1S/C18H17F3N4/c1-2-23-18(25-11-14-8-15(19)4-6-17(14)21)24-10-13-7-12(9-22)3-5-16(13)20/h3-8H,2,10-11H2,1H3,(H2,23,24,25). The van der Waals surface area contributed by atoms with Crippen molar-refractivity contribution in [3.05, 3.63) is 70.5 Å². The van der Waals surface area contributed by atoms with E-state index < -0.39 is 17.5 Å². The molecule has 0 aromatic heterocycles. The summed E-state index contributed by atoms with van der Waals surface area (Å²) >= 11 is 0. The van der Waals surface area contributed by atoms with Gasteiger partial charge in [0.15, 0.2) is 5.96 Å². The molecule has 0 saturated heterocycles.